The van der Waals surface area contributed by atoms with Gasteiger partial charge in [0.2, 0.25) is 0 Å². The van der Waals surface area contributed by atoms with Crippen molar-refractivity contribution in [3.8, 4) is 0 Å². The highest BCUT2D eigenvalue weighted by Gasteiger charge is 2.33. The molecule has 1 aliphatic heterocycles. The van der Waals surface area contributed by atoms with Crippen molar-refractivity contribution >= 4 is 27.8 Å². The first-order chi connectivity index (χ1) is 9.00. The van der Waals surface area contributed by atoms with E-state index < -0.39 is 23.7 Å². The summed E-state index contributed by atoms with van der Waals surface area (Å²) in [4.78, 5) is 24.6. The first kappa shape index (κ1) is 14.0. The lowest BCUT2D eigenvalue weighted by atomic mass is 10.1. The minimum atomic E-state index is -1.14. The number of carboxylic acids is 1. The number of rotatable bonds is 2. The molecule has 0 radical (unpaired) electrons. The van der Waals surface area contributed by atoms with E-state index in [-0.39, 0.29) is 25.3 Å². The maximum absolute atomic E-state index is 13.2. The van der Waals surface area contributed by atoms with Crippen molar-refractivity contribution in [2.45, 2.75) is 6.04 Å². The first-order valence-corrected chi connectivity index (χ1v) is 6.36. The molecule has 1 saturated heterocycles. The number of nitrogens with zero attached hydrogens (tertiary/aromatic N) is 1. The Bertz CT molecular complexity index is 522. The maximum atomic E-state index is 13.2. The molecule has 1 aliphatic rings. The van der Waals surface area contributed by atoms with Gasteiger partial charge in [0.05, 0.1) is 18.8 Å². The van der Waals surface area contributed by atoms with Gasteiger partial charge < -0.3 is 14.7 Å². The standard InChI is InChI=1S/C12H11BrFNO4/c13-9-2-1-7(14)5-8(9)11(16)15-3-4-19-6-10(15)12(17)18/h1-2,5,10H,3-4,6H2,(H,17,18)/t10-/m1/s1. The summed E-state index contributed by atoms with van der Waals surface area (Å²) in [6.45, 7) is 0.370. The fourth-order valence-corrected chi connectivity index (χ4v) is 2.28. The van der Waals surface area contributed by atoms with Gasteiger partial charge in [0, 0.05) is 11.0 Å². The van der Waals surface area contributed by atoms with Gasteiger partial charge in [0.25, 0.3) is 5.91 Å². The molecule has 5 nitrogen and oxygen atoms in total. The summed E-state index contributed by atoms with van der Waals surface area (Å²) in [6.07, 6.45) is 0. The maximum Gasteiger partial charge on any atom is 0.328 e. The number of carbonyl (C=O) groups is 2. The van der Waals surface area contributed by atoms with Crippen LogP contribution in [0.25, 0.3) is 0 Å². The van der Waals surface area contributed by atoms with Crippen molar-refractivity contribution < 1.29 is 23.8 Å². The van der Waals surface area contributed by atoms with Gasteiger partial charge in [0.1, 0.15) is 5.82 Å². The number of halogens is 2. The lowest BCUT2D eigenvalue weighted by Gasteiger charge is -2.33. The Morgan fingerprint density at radius 1 is 1.47 bits per heavy atom. The van der Waals surface area contributed by atoms with E-state index in [1.807, 2.05) is 0 Å². The van der Waals surface area contributed by atoms with Crippen molar-refractivity contribution in [3.05, 3.63) is 34.1 Å². The van der Waals surface area contributed by atoms with Crippen LogP contribution in [0.5, 0.6) is 0 Å². The van der Waals surface area contributed by atoms with Crippen LogP contribution in [0.3, 0.4) is 0 Å². The van der Waals surface area contributed by atoms with Crippen LogP contribution in [-0.4, -0.2) is 47.7 Å². The zero-order valence-electron chi connectivity index (χ0n) is 9.81. The lowest BCUT2D eigenvalue weighted by molar-refractivity contribution is -0.147. The molecule has 0 bridgehead atoms. The van der Waals surface area contributed by atoms with Crippen molar-refractivity contribution in [1.29, 1.82) is 0 Å². The summed E-state index contributed by atoms with van der Waals surface area (Å²) < 4.78 is 18.7. The summed E-state index contributed by atoms with van der Waals surface area (Å²) in [6, 6.07) is 2.67. The van der Waals surface area contributed by atoms with Crippen LogP contribution in [-0.2, 0) is 9.53 Å². The van der Waals surface area contributed by atoms with E-state index >= 15 is 0 Å². The van der Waals surface area contributed by atoms with E-state index in [1.54, 1.807) is 0 Å². The molecule has 0 aliphatic carbocycles. The van der Waals surface area contributed by atoms with Crippen LogP contribution in [0.4, 0.5) is 4.39 Å². The second kappa shape index (κ2) is 5.66. The molecule has 2 rings (SSSR count). The number of hydrogen-bond acceptors (Lipinski definition) is 3. The molecule has 102 valence electrons. The molecular weight excluding hydrogens is 321 g/mol. The number of carboxylic acid groups (broad SMARTS) is 1. The zero-order valence-corrected chi connectivity index (χ0v) is 11.4. The average molecular weight is 332 g/mol. The third-order valence-electron chi connectivity index (χ3n) is 2.83. The first-order valence-electron chi connectivity index (χ1n) is 5.57. The summed E-state index contributed by atoms with van der Waals surface area (Å²) in [5.74, 6) is -2.21. The number of benzene rings is 1. The predicted molar refractivity (Wildman–Crippen MR) is 67.4 cm³/mol. The molecule has 19 heavy (non-hydrogen) atoms. The summed E-state index contributed by atoms with van der Waals surface area (Å²) in [5.41, 5.74) is 0.105. The third kappa shape index (κ3) is 2.93. The molecule has 1 amide bonds. The quantitative estimate of drug-likeness (QED) is 0.892. The van der Waals surface area contributed by atoms with Crippen LogP contribution in [0.15, 0.2) is 22.7 Å². The molecule has 0 unspecified atom stereocenters. The molecule has 0 saturated carbocycles. The van der Waals surface area contributed by atoms with Gasteiger partial charge in [-0.05, 0) is 34.1 Å². The molecule has 1 aromatic carbocycles. The van der Waals surface area contributed by atoms with Gasteiger partial charge in [-0.3, -0.25) is 4.79 Å². The minimum Gasteiger partial charge on any atom is -0.480 e. The van der Waals surface area contributed by atoms with Gasteiger partial charge in [-0.1, -0.05) is 0 Å². The number of hydrogen-bond donors (Lipinski definition) is 1. The normalized spacial score (nSPS) is 19.3. The number of carbonyl (C=O) groups excluding carboxylic acids is 1. The average Bonchev–Trinajstić information content (AvgIpc) is 2.40. The fraction of sp³-hybridized carbons (Fsp3) is 0.333. The predicted octanol–water partition coefficient (Wildman–Crippen LogP) is 1.51. The number of aliphatic carboxylic acids is 1. The van der Waals surface area contributed by atoms with Crippen molar-refractivity contribution in [1.82, 2.24) is 4.90 Å². The Balaban J connectivity index is 2.31. The van der Waals surface area contributed by atoms with E-state index in [4.69, 9.17) is 9.84 Å². The Labute approximate surface area is 117 Å². The lowest BCUT2D eigenvalue weighted by Crippen LogP contribution is -2.52. The molecule has 7 heteroatoms. The van der Waals surface area contributed by atoms with Crippen LogP contribution in [0.1, 0.15) is 10.4 Å². The molecule has 1 fully saturated rings. The third-order valence-corrected chi connectivity index (χ3v) is 3.52. The topological polar surface area (TPSA) is 66.8 Å². The fourth-order valence-electron chi connectivity index (χ4n) is 1.87. The highest BCUT2D eigenvalue weighted by atomic mass is 79.9. The Hall–Kier alpha value is -1.47. The monoisotopic (exact) mass is 331 g/mol. The van der Waals surface area contributed by atoms with E-state index in [0.717, 1.165) is 6.07 Å². The Morgan fingerprint density at radius 2 is 2.21 bits per heavy atom. The summed E-state index contributed by atoms with van der Waals surface area (Å²) in [7, 11) is 0. The van der Waals surface area contributed by atoms with E-state index in [0.29, 0.717) is 4.47 Å². The van der Waals surface area contributed by atoms with Crippen molar-refractivity contribution in [2.75, 3.05) is 19.8 Å². The Kier molecular flexibility index (Phi) is 4.16. The number of morpholine rings is 1. The number of ether oxygens (including phenoxy) is 1. The van der Waals surface area contributed by atoms with Crippen LogP contribution < -0.4 is 0 Å². The van der Waals surface area contributed by atoms with Gasteiger partial charge in [-0.25, -0.2) is 9.18 Å². The van der Waals surface area contributed by atoms with Crippen molar-refractivity contribution in [2.24, 2.45) is 0 Å². The van der Waals surface area contributed by atoms with Crippen molar-refractivity contribution in [3.63, 3.8) is 0 Å². The van der Waals surface area contributed by atoms with Crippen LogP contribution >= 0.6 is 15.9 Å². The molecule has 0 aromatic heterocycles. The highest BCUT2D eigenvalue weighted by Crippen LogP contribution is 2.21. The second-order valence-electron chi connectivity index (χ2n) is 4.05. The van der Waals surface area contributed by atoms with Crippen LogP contribution in [0, 0.1) is 5.82 Å². The highest BCUT2D eigenvalue weighted by molar-refractivity contribution is 9.10. The smallest absolute Gasteiger partial charge is 0.328 e. The van der Waals surface area contributed by atoms with E-state index in [2.05, 4.69) is 15.9 Å². The van der Waals surface area contributed by atoms with Gasteiger partial charge in [-0.15, -0.1) is 0 Å². The largest absolute Gasteiger partial charge is 0.480 e. The Morgan fingerprint density at radius 3 is 2.89 bits per heavy atom. The zero-order chi connectivity index (χ0) is 14.0. The van der Waals surface area contributed by atoms with E-state index in [1.165, 1.54) is 17.0 Å². The molecule has 1 N–H and O–H groups in total. The van der Waals surface area contributed by atoms with Crippen LogP contribution in [0.2, 0.25) is 0 Å². The van der Waals surface area contributed by atoms with Gasteiger partial charge >= 0.3 is 5.97 Å². The molecular formula is C12H11BrFNO4. The summed E-state index contributed by atoms with van der Waals surface area (Å²) in [5, 5.41) is 9.07. The van der Waals surface area contributed by atoms with Gasteiger partial charge in [0.15, 0.2) is 6.04 Å². The van der Waals surface area contributed by atoms with E-state index in [9.17, 15) is 14.0 Å². The molecule has 1 aromatic rings. The molecule has 1 atom stereocenters. The molecule has 1 heterocycles. The second-order valence-corrected chi connectivity index (χ2v) is 4.91. The number of amides is 1. The summed E-state index contributed by atoms with van der Waals surface area (Å²) >= 11 is 3.16. The SMILES string of the molecule is O=C(O)[C@H]1COCCN1C(=O)c1cc(F)ccc1Br. The minimum absolute atomic E-state index is 0.0615. The van der Waals surface area contributed by atoms with Gasteiger partial charge in [-0.2, -0.15) is 0 Å². The molecule has 0 spiro atoms.